The highest BCUT2D eigenvalue weighted by molar-refractivity contribution is 5.91. The molecule has 0 amide bonds. The molecule has 1 unspecified atom stereocenters. The van der Waals surface area contributed by atoms with Gasteiger partial charge < -0.3 is 9.30 Å². The lowest BCUT2D eigenvalue weighted by Crippen LogP contribution is -2.13. The van der Waals surface area contributed by atoms with E-state index >= 15 is 0 Å². The first-order valence-electron chi connectivity index (χ1n) is 10.1. The van der Waals surface area contributed by atoms with Crippen molar-refractivity contribution in [3.8, 4) is 17.0 Å². The minimum atomic E-state index is 0.555. The van der Waals surface area contributed by atoms with E-state index in [9.17, 15) is 0 Å². The van der Waals surface area contributed by atoms with E-state index in [1.807, 2.05) is 6.20 Å². The van der Waals surface area contributed by atoms with Crippen LogP contribution in [0.3, 0.4) is 0 Å². The van der Waals surface area contributed by atoms with E-state index in [1.165, 1.54) is 29.7 Å². The van der Waals surface area contributed by atoms with Crippen LogP contribution in [0.4, 0.5) is 0 Å². The van der Waals surface area contributed by atoms with Gasteiger partial charge in [0, 0.05) is 24.2 Å². The van der Waals surface area contributed by atoms with Crippen molar-refractivity contribution in [3.05, 3.63) is 41.3 Å². The summed E-state index contributed by atoms with van der Waals surface area (Å²) in [6.07, 6.45) is 6.72. The molecule has 4 nitrogen and oxygen atoms in total. The second-order valence-electron chi connectivity index (χ2n) is 7.73. The van der Waals surface area contributed by atoms with Crippen molar-refractivity contribution in [1.82, 2.24) is 14.5 Å². The van der Waals surface area contributed by atoms with Crippen LogP contribution < -0.4 is 4.74 Å². The average molecular weight is 364 g/mol. The summed E-state index contributed by atoms with van der Waals surface area (Å²) in [5.74, 6) is 2.91. The topological polar surface area (TPSA) is 39.9 Å². The Bertz CT molecular complexity index is 985. The number of fused-ring (bicyclic) bond motifs is 1. The third-order valence-corrected chi connectivity index (χ3v) is 5.91. The molecule has 0 N–H and O–H groups in total. The number of hydrogen-bond donors (Lipinski definition) is 0. The van der Waals surface area contributed by atoms with Crippen LogP contribution in [0.15, 0.2) is 24.4 Å². The Morgan fingerprint density at radius 2 is 1.96 bits per heavy atom. The first-order valence-corrected chi connectivity index (χ1v) is 10.1. The Morgan fingerprint density at radius 1 is 1.19 bits per heavy atom. The average Bonchev–Trinajstić information content (AvgIpc) is 3.44. The van der Waals surface area contributed by atoms with E-state index in [-0.39, 0.29) is 0 Å². The fourth-order valence-corrected chi connectivity index (χ4v) is 4.36. The number of rotatable bonds is 6. The number of aryl methyl sites for hydroxylation is 3. The summed E-state index contributed by atoms with van der Waals surface area (Å²) in [7, 11) is 1.72. The molecule has 2 heterocycles. The standard InChI is InChI=1S/C23H29N3O/c1-6-18(16-8-9-16)26-19-10-11-24-22(23(19)25-21(26)7-2)17-12-15(4)20(27-5)13-14(17)3/h10-13,16,18H,6-9H2,1-5H3. The van der Waals surface area contributed by atoms with Crippen molar-refractivity contribution >= 4 is 11.0 Å². The molecule has 2 aromatic heterocycles. The van der Waals surface area contributed by atoms with E-state index in [4.69, 9.17) is 14.7 Å². The molecule has 0 aliphatic heterocycles. The van der Waals surface area contributed by atoms with E-state index < -0.39 is 0 Å². The van der Waals surface area contributed by atoms with E-state index in [0.717, 1.165) is 46.8 Å². The molecule has 1 fully saturated rings. The van der Waals surface area contributed by atoms with Gasteiger partial charge in [-0.15, -0.1) is 0 Å². The highest BCUT2D eigenvalue weighted by Gasteiger charge is 2.33. The lowest BCUT2D eigenvalue weighted by molar-refractivity contribution is 0.411. The van der Waals surface area contributed by atoms with Gasteiger partial charge >= 0.3 is 0 Å². The van der Waals surface area contributed by atoms with Gasteiger partial charge in [-0.25, -0.2) is 4.98 Å². The molecule has 27 heavy (non-hydrogen) atoms. The first kappa shape index (κ1) is 18.0. The summed E-state index contributed by atoms with van der Waals surface area (Å²) in [5, 5.41) is 0. The maximum Gasteiger partial charge on any atom is 0.122 e. The smallest absolute Gasteiger partial charge is 0.122 e. The second-order valence-corrected chi connectivity index (χ2v) is 7.73. The fraction of sp³-hybridized carbons (Fsp3) is 0.478. The van der Waals surface area contributed by atoms with E-state index in [2.05, 4.69) is 50.5 Å². The lowest BCUT2D eigenvalue weighted by atomic mass is 10.0. The maximum absolute atomic E-state index is 5.48. The third-order valence-electron chi connectivity index (χ3n) is 5.91. The number of methoxy groups -OCH3 is 1. The zero-order valence-electron chi connectivity index (χ0n) is 17.0. The normalized spacial score (nSPS) is 15.3. The molecule has 0 saturated heterocycles. The van der Waals surface area contributed by atoms with Crippen LogP contribution in [0, 0.1) is 19.8 Å². The number of aromatic nitrogens is 3. The van der Waals surface area contributed by atoms with Crippen molar-refractivity contribution in [2.75, 3.05) is 7.11 Å². The van der Waals surface area contributed by atoms with Crippen LogP contribution >= 0.6 is 0 Å². The summed E-state index contributed by atoms with van der Waals surface area (Å²) in [4.78, 5) is 9.82. The molecule has 142 valence electrons. The largest absolute Gasteiger partial charge is 0.496 e. The van der Waals surface area contributed by atoms with Crippen LogP contribution in [0.5, 0.6) is 5.75 Å². The highest BCUT2D eigenvalue weighted by Crippen LogP contribution is 2.44. The SMILES string of the molecule is CCc1nc2c(-c3cc(C)c(OC)cc3C)nccc2n1C(CC)C1CC1. The predicted molar refractivity (Wildman–Crippen MR) is 110 cm³/mol. The van der Waals surface area contributed by atoms with Crippen molar-refractivity contribution in [3.63, 3.8) is 0 Å². The number of benzene rings is 1. The van der Waals surface area contributed by atoms with Crippen molar-refractivity contribution in [2.45, 2.75) is 59.4 Å². The Morgan fingerprint density at radius 3 is 2.59 bits per heavy atom. The van der Waals surface area contributed by atoms with Crippen molar-refractivity contribution < 1.29 is 4.74 Å². The molecule has 1 aromatic carbocycles. The molecule has 1 saturated carbocycles. The van der Waals surface area contributed by atoms with Gasteiger partial charge in [0.25, 0.3) is 0 Å². The molecule has 3 aromatic rings. The van der Waals surface area contributed by atoms with Gasteiger partial charge in [0.15, 0.2) is 0 Å². The van der Waals surface area contributed by atoms with Crippen LogP contribution in [-0.4, -0.2) is 21.6 Å². The monoisotopic (exact) mass is 363 g/mol. The number of ether oxygens (including phenoxy) is 1. The number of pyridine rings is 1. The summed E-state index contributed by atoms with van der Waals surface area (Å²) < 4.78 is 7.99. The second kappa shape index (κ2) is 6.99. The zero-order chi connectivity index (χ0) is 19.1. The zero-order valence-corrected chi connectivity index (χ0v) is 17.0. The summed E-state index contributed by atoms with van der Waals surface area (Å²) in [5.41, 5.74) is 6.67. The molecule has 1 atom stereocenters. The molecule has 0 radical (unpaired) electrons. The third kappa shape index (κ3) is 3.01. The number of hydrogen-bond acceptors (Lipinski definition) is 3. The maximum atomic E-state index is 5.48. The van der Waals surface area contributed by atoms with Crippen LogP contribution in [0.1, 0.15) is 56.1 Å². The minimum Gasteiger partial charge on any atom is -0.496 e. The Labute approximate surface area is 161 Å². The summed E-state index contributed by atoms with van der Waals surface area (Å²) in [6, 6.07) is 6.97. The molecule has 0 spiro atoms. The molecule has 4 rings (SSSR count). The molecule has 1 aliphatic rings. The van der Waals surface area contributed by atoms with Gasteiger partial charge in [0.1, 0.15) is 17.1 Å². The van der Waals surface area contributed by atoms with Crippen LogP contribution in [0.25, 0.3) is 22.3 Å². The fourth-order valence-electron chi connectivity index (χ4n) is 4.36. The van der Waals surface area contributed by atoms with Crippen LogP contribution in [0.2, 0.25) is 0 Å². The van der Waals surface area contributed by atoms with Gasteiger partial charge in [-0.3, -0.25) is 4.98 Å². The predicted octanol–water partition coefficient (Wildman–Crippen LogP) is 5.65. The summed E-state index contributed by atoms with van der Waals surface area (Å²) >= 11 is 0. The van der Waals surface area contributed by atoms with Crippen LogP contribution in [-0.2, 0) is 6.42 Å². The summed E-state index contributed by atoms with van der Waals surface area (Å²) in [6.45, 7) is 8.70. The Hall–Kier alpha value is -2.36. The molecule has 1 aliphatic carbocycles. The Kier molecular flexibility index (Phi) is 4.67. The number of nitrogens with zero attached hydrogens (tertiary/aromatic N) is 3. The van der Waals surface area contributed by atoms with Gasteiger partial charge in [0.05, 0.1) is 18.3 Å². The number of imidazole rings is 1. The van der Waals surface area contributed by atoms with Gasteiger partial charge in [-0.05, 0) is 68.4 Å². The quantitative estimate of drug-likeness (QED) is 0.568. The van der Waals surface area contributed by atoms with Gasteiger partial charge in [-0.1, -0.05) is 13.8 Å². The van der Waals surface area contributed by atoms with Gasteiger partial charge in [-0.2, -0.15) is 0 Å². The van der Waals surface area contributed by atoms with Crippen molar-refractivity contribution in [2.24, 2.45) is 5.92 Å². The van der Waals surface area contributed by atoms with Gasteiger partial charge in [0.2, 0.25) is 0 Å². The molecular formula is C23H29N3O. The first-order chi connectivity index (χ1) is 13.1. The van der Waals surface area contributed by atoms with E-state index in [0.29, 0.717) is 6.04 Å². The molecular weight excluding hydrogens is 334 g/mol. The highest BCUT2D eigenvalue weighted by atomic mass is 16.5. The Balaban J connectivity index is 1.94. The lowest BCUT2D eigenvalue weighted by Gasteiger charge is -2.20. The van der Waals surface area contributed by atoms with Crippen molar-refractivity contribution in [1.29, 1.82) is 0 Å². The molecule has 4 heteroatoms. The molecule has 0 bridgehead atoms. The minimum absolute atomic E-state index is 0.555. The van der Waals surface area contributed by atoms with E-state index in [1.54, 1.807) is 7.11 Å².